The minimum absolute atomic E-state index is 0.00819. The summed E-state index contributed by atoms with van der Waals surface area (Å²) >= 11 is 0. The van der Waals surface area contributed by atoms with E-state index in [-0.39, 0.29) is 23.5 Å². The predicted molar refractivity (Wildman–Crippen MR) is 94.3 cm³/mol. The van der Waals surface area contributed by atoms with Crippen LogP contribution in [-0.4, -0.2) is 36.4 Å². The third-order valence-electron chi connectivity index (χ3n) is 4.51. The molecule has 0 bridgehead atoms. The second-order valence-electron chi connectivity index (χ2n) is 6.34. The Morgan fingerprint density at radius 3 is 2.76 bits per heavy atom. The van der Waals surface area contributed by atoms with E-state index in [4.69, 9.17) is 4.42 Å². The molecule has 7 heteroatoms. The first-order valence-electron chi connectivity index (χ1n) is 8.14. The van der Waals surface area contributed by atoms with Crippen molar-refractivity contribution >= 4 is 26.8 Å². The van der Waals surface area contributed by atoms with Crippen molar-refractivity contribution in [2.45, 2.75) is 19.0 Å². The Bertz CT molecular complexity index is 1020. The third-order valence-corrected chi connectivity index (χ3v) is 6.27. The van der Waals surface area contributed by atoms with Gasteiger partial charge in [-0.3, -0.25) is 4.79 Å². The van der Waals surface area contributed by atoms with Gasteiger partial charge in [0.15, 0.2) is 15.4 Å². The van der Waals surface area contributed by atoms with Crippen LogP contribution in [0.2, 0.25) is 0 Å². The summed E-state index contributed by atoms with van der Waals surface area (Å²) in [5, 5.41) is 2.85. The average molecular weight is 358 g/mol. The van der Waals surface area contributed by atoms with Crippen LogP contribution in [0.15, 0.2) is 53.1 Å². The van der Waals surface area contributed by atoms with E-state index in [0.29, 0.717) is 24.2 Å². The van der Waals surface area contributed by atoms with Crippen LogP contribution >= 0.6 is 0 Å². The molecule has 1 unspecified atom stereocenters. The number of nitrogens with zero attached hydrogens (tertiary/aromatic N) is 1. The molecule has 3 heterocycles. The largest absolute Gasteiger partial charge is 0.463 e. The monoisotopic (exact) mass is 358 g/mol. The number of hydrogen-bond acceptors (Lipinski definition) is 4. The number of nitrogens with one attached hydrogen (secondary N) is 1. The van der Waals surface area contributed by atoms with Gasteiger partial charge in [-0.15, -0.1) is 0 Å². The summed E-state index contributed by atoms with van der Waals surface area (Å²) in [6.07, 6.45) is 2.06. The van der Waals surface area contributed by atoms with Crippen LogP contribution in [0.25, 0.3) is 11.1 Å². The van der Waals surface area contributed by atoms with Gasteiger partial charge in [-0.25, -0.2) is 8.42 Å². The van der Waals surface area contributed by atoms with Gasteiger partial charge in [0.25, 0.3) is 5.91 Å². The summed E-state index contributed by atoms with van der Waals surface area (Å²) in [6, 6.07) is 13.0. The Morgan fingerprint density at radius 2 is 2.04 bits per heavy atom. The number of fused-ring (bicyclic) bond motifs is 1. The van der Waals surface area contributed by atoms with Gasteiger partial charge < -0.3 is 14.3 Å². The summed E-state index contributed by atoms with van der Waals surface area (Å²) in [5.74, 6) is -0.135. The van der Waals surface area contributed by atoms with Gasteiger partial charge in [-0.1, -0.05) is 30.3 Å². The molecular weight excluding hydrogens is 340 g/mol. The molecular formula is C18H18N2O4S. The van der Waals surface area contributed by atoms with Crippen LogP contribution < -0.4 is 5.32 Å². The van der Waals surface area contributed by atoms with E-state index >= 15 is 0 Å². The topological polar surface area (TPSA) is 81.3 Å². The van der Waals surface area contributed by atoms with Gasteiger partial charge >= 0.3 is 0 Å². The number of amides is 1. The predicted octanol–water partition coefficient (Wildman–Crippen LogP) is 2.20. The van der Waals surface area contributed by atoms with Gasteiger partial charge in [0, 0.05) is 24.7 Å². The number of sulfone groups is 1. The summed E-state index contributed by atoms with van der Waals surface area (Å²) in [5.41, 5.74) is 3.02. The summed E-state index contributed by atoms with van der Waals surface area (Å²) < 4.78 is 30.5. The van der Waals surface area contributed by atoms with Gasteiger partial charge in [-0.2, -0.15) is 0 Å². The highest BCUT2D eigenvalue weighted by molar-refractivity contribution is 7.91. The standard InChI is InChI=1S/C18H18N2O4S/c21-18(19-14-7-9-25(22,23)12-14)16-10-17-15(6-8-24-17)20(16)11-13-4-2-1-3-5-13/h1-6,8,10,14H,7,9,11-12H2,(H,19,21). The van der Waals surface area contributed by atoms with Gasteiger partial charge in [0.2, 0.25) is 0 Å². The molecule has 0 spiro atoms. The lowest BCUT2D eigenvalue weighted by Crippen LogP contribution is -2.36. The van der Waals surface area contributed by atoms with Crippen LogP contribution in [0.5, 0.6) is 0 Å². The van der Waals surface area contributed by atoms with Gasteiger partial charge in [-0.05, 0) is 12.0 Å². The van der Waals surface area contributed by atoms with E-state index in [2.05, 4.69) is 5.32 Å². The number of furan rings is 1. The van der Waals surface area contributed by atoms with Crippen LogP contribution in [0.3, 0.4) is 0 Å². The Hall–Kier alpha value is -2.54. The summed E-state index contributed by atoms with van der Waals surface area (Å²) in [7, 11) is -3.04. The minimum atomic E-state index is -3.04. The molecule has 0 saturated carbocycles. The minimum Gasteiger partial charge on any atom is -0.463 e. The Morgan fingerprint density at radius 1 is 1.24 bits per heavy atom. The van der Waals surface area contributed by atoms with Crippen LogP contribution in [0.1, 0.15) is 22.5 Å². The number of carbonyl (C=O) groups is 1. The third kappa shape index (κ3) is 3.19. The molecule has 3 aromatic rings. The number of hydrogen-bond donors (Lipinski definition) is 1. The first kappa shape index (κ1) is 16.0. The molecule has 6 nitrogen and oxygen atoms in total. The fraction of sp³-hybridized carbons (Fsp3) is 0.278. The van der Waals surface area contributed by atoms with Crippen molar-refractivity contribution in [1.29, 1.82) is 0 Å². The zero-order valence-electron chi connectivity index (χ0n) is 13.5. The highest BCUT2D eigenvalue weighted by atomic mass is 32.2. The molecule has 1 fully saturated rings. The highest BCUT2D eigenvalue weighted by Gasteiger charge is 2.30. The van der Waals surface area contributed by atoms with Crippen molar-refractivity contribution in [3.63, 3.8) is 0 Å². The quantitative estimate of drug-likeness (QED) is 0.775. The SMILES string of the molecule is O=C(NC1CCS(=O)(=O)C1)c1cc2occc2n1Cc1ccccc1. The number of rotatable bonds is 4. The molecule has 0 radical (unpaired) electrons. The van der Waals surface area contributed by atoms with Gasteiger partial charge in [0.05, 0.1) is 23.3 Å². The van der Waals surface area contributed by atoms with Crippen LogP contribution in [0, 0.1) is 0 Å². The van der Waals surface area contributed by atoms with Crippen LogP contribution in [0.4, 0.5) is 0 Å². The maximum Gasteiger partial charge on any atom is 0.268 e. The smallest absolute Gasteiger partial charge is 0.268 e. The normalized spacial score (nSPS) is 19.3. The molecule has 1 atom stereocenters. The van der Waals surface area contributed by atoms with E-state index in [9.17, 15) is 13.2 Å². The molecule has 4 rings (SSSR count). The molecule has 2 aromatic heterocycles. The van der Waals surface area contributed by atoms with E-state index < -0.39 is 9.84 Å². The molecule has 1 aliphatic heterocycles. The fourth-order valence-corrected chi connectivity index (χ4v) is 4.94. The number of aromatic nitrogens is 1. The molecule has 25 heavy (non-hydrogen) atoms. The van der Waals surface area contributed by atoms with Gasteiger partial charge in [0.1, 0.15) is 5.69 Å². The zero-order chi connectivity index (χ0) is 17.4. The second-order valence-corrected chi connectivity index (χ2v) is 8.57. The van der Waals surface area contributed by atoms with E-state index in [1.807, 2.05) is 41.0 Å². The lowest BCUT2D eigenvalue weighted by molar-refractivity contribution is 0.0932. The van der Waals surface area contributed by atoms with Crippen molar-refractivity contribution in [1.82, 2.24) is 9.88 Å². The van der Waals surface area contributed by atoms with Crippen LogP contribution in [-0.2, 0) is 16.4 Å². The maximum atomic E-state index is 12.7. The Kier molecular flexibility index (Phi) is 3.88. The molecule has 0 aliphatic carbocycles. The van der Waals surface area contributed by atoms with Crippen molar-refractivity contribution in [2.24, 2.45) is 0 Å². The average Bonchev–Trinajstić information content (AvgIpc) is 3.25. The summed E-state index contributed by atoms with van der Waals surface area (Å²) in [4.78, 5) is 12.7. The van der Waals surface area contributed by atoms with Crippen molar-refractivity contribution in [3.8, 4) is 0 Å². The van der Waals surface area contributed by atoms with E-state index in [0.717, 1.165) is 11.1 Å². The van der Waals surface area contributed by atoms with Crippen molar-refractivity contribution in [3.05, 3.63) is 60.0 Å². The molecule has 1 N–H and O–H groups in total. The Balaban J connectivity index is 1.63. The summed E-state index contributed by atoms with van der Waals surface area (Å²) in [6.45, 7) is 0.537. The fourth-order valence-electron chi connectivity index (χ4n) is 3.27. The van der Waals surface area contributed by atoms with Crippen molar-refractivity contribution < 1.29 is 17.6 Å². The number of benzene rings is 1. The number of carbonyl (C=O) groups excluding carboxylic acids is 1. The molecule has 1 amide bonds. The Labute approximate surface area is 145 Å². The second kappa shape index (κ2) is 6.07. The van der Waals surface area contributed by atoms with Crippen molar-refractivity contribution in [2.75, 3.05) is 11.5 Å². The molecule has 1 aliphatic rings. The lowest BCUT2D eigenvalue weighted by Gasteiger charge is -2.13. The van der Waals surface area contributed by atoms with E-state index in [1.165, 1.54) is 0 Å². The van der Waals surface area contributed by atoms with E-state index in [1.54, 1.807) is 12.3 Å². The lowest BCUT2D eigenvalue weighted by atomic mass is 10.2. The molecule has 1 saturated heterocycles. The first-order chi connectivity index (χ1) is 12.0. The highest BCUT2D eigenvalue weighted by Crippen LogP contribution is 2.23. The molecule has 1 aromatic carbocycles. The first-order valence-corrected chi connectivity index (χ1v) is 9.96. The zero-order valence-corrected chi connectivity index (χ0v) is 14.3. The molecule has 130 valence electrons. The maximum absolute atomic E-state index is 12.7.